The first-order valence-electron chi connectivity index (χ1n) is 13.0. The van der Waals surface area contributed by atoms with Gasteiger partial charge < -0.3 is 9.47 Å². The zero-order valence-electron chi connectivity index (χ0n) is 19.9. The highest BCUT2D eigenvalue weighted by Gasteiger charge is 2.27. The van der Waals surface area contributed by atoms with E-state index >= 15 is 0 Å². The molecule has 4 heteroatoms. The van der Waals surface area contributed by atoms with E-state index in [-0.39, 0.29) is 6.10 Å². The fraction of sp³-hybridized carbons (Fsp3) is 0.714. The van der Waals surface area contributed by atoms with Crippen molar-refractivity contribution in [3.05, 3.63) is 36.2 Å². The lowest BCUT2D eigenvalue weighted by molar-refractivity contribution is -0.157. The van der Waals surface area contributed by atoms with Crippen LogP contribution in [0.2, 0.25) is 0 Å². The number of halogens is 1. The van der Waals surface area contributed by atoms with E-state index in [1.165, 1.54) is 44.1 Å². The van der Waals surface area contributed by atoms with Gasteiger partial charge in [-0.3, -0.25) is 0 Å². The minimum Gasteiger partial charge on any atom is -0.493 e. The number of ether oxygens (including phenoxy) is 2. The van der Waals surface area contributed by atoms with Crippen molar-refractivity contribution >= 4 is 5.97 Å². The molecule has 0 amide bonds. The van der Waals surface area contributed by atoms with Crippen molar-refractivity contribution in [3.63, 3.8) is 0 Å². The number of hydrogen-bond acceptors (Lipinski definition) is 3. The van der Waals surface area contributed by atoms with Crippen molar-refractivity contribution in [2.75, 3.05) is 6.61 Å². The highest BCUT2D eigenvalue weighted by Crippen LogP contribution is 2.33. The molecule has 0 aromatic heterocycles. The highest BCUT2D eigenvalue weighted by molar-refractivity contribution is 5.74. The Morgan fingerprint density at radius 1 is 0.969 bits per heavy atom. The van der Waals surface area contributed by atoms with Gasteiger partial charge in [0.15, 0.2) is 6.17 Å². The minimum absolute atomic E-state index is 0.135. The van der Waals surface area contributed by atoms with Crippen LogP contribution in [0.4, 0.5) is 4.39 Å². The lowest BCUT2D eigenvalue weighted by Gasteiger charge is -2.28. The second-order valence-electron chi connectivity index (χ2n) is 9.77. The van der Waals surface area contributed by atoms with Crippen molar-refractivity contribution in [1.29, 1.82) is 0 Å². The largest absolute Gasteiger partial charge is 0.493 e. The predicted octanol–water partition coefficient (Wildman–Crippen LogP) is 7.73. The normalized spacial score (nSPS) is 22.9. The van der Waals surface area contributed by atoms with Gasteiger partial charge in [-0.05, 0) is 100 Å². The lowest BCUT2D eigenvalue weighted by Crippen LogP contribution is -2.30. The van der Waals surface area contributed by atoms with E-state index in [4.69, 9.17) is 9.47 Å². The maximum atomic E-state index is 14.1. The molecule has 1 aromatic carbocycles. The fourth-order valence-corrected chi connectivity index (χ4v) is 5.01. The number of carbonyl (C=O) groups is 1. The Morgan fingerprint density at radius 2 is 1.66 bits per heavy atom. The van der Waals surface area contributed by atoms with Crippen LogP contribution in [-0.4, -0.2) is 24.9 Å². The molecule has 0 bridgehead atoms. The molecule has 32 heavy (non-hydrogen) atoms. The van der Waals surface area contributed by atoms with Crippen LogP contribution >= 0.6 is 0 Å². The highest BCUT2D eigenvalue weighted by atomic mass is 19.1. The summed E-state index contributed by atoms with van der Waals surface area (Å²) in [5.41, 5.74) is 1.43. The van der Waals surface area contributed by atoms with E-state index in [9.17, 15) is 9.18 Å². The lowest BCUT2D eigenvalue weighted by atomic mass is 9.84. The first-order valence-corrected chi connectivity index (χ1v) is 13.0. The molecule has 2 saturated carbocycles. The van der Waals surface area contributed by atoms with Crippen molar-refractivity contribution < 1.29 is 18.7 Å². The third-order valence-corrected chi connectivity index (χ3v) is 7.17. The Bertz CT molecular complexity index is 645. The van der Waals surface area contributed by atoms with Gasteiger partial charge in [-0.1, -0.05) is 44.7 Å². The van der Waals surface area contributed by atoms with E-state index in [2.05, 4.69) is 37.6 Å². The number of esters is 1. The molecule has 0 N–H and O–H groups in total. The summed E-state index contributed by atoms with van der Waals surface area (Å²) in [5, 5.41) is 0. The van der Waals surface area contributed by atoms with Gasteiger partial charge in [-0.2, -0.15) is 0 Å². The summed E-state index contributed by atoms with van der Waals surface area (Å²) < 4.78 is 25.6. The average molecular weight is 446 g/mol. The minimum atomic E-state index is -1.47. The van der Waals surface area contributed by atoms with Gasteiger partial charge in [-0.25, -0.2) is 9.18 Å². The van der Waals surface area contributed by atoms with Gasteiger partial charge in [0, 0.05) is 0 Å². The van der Waals surface area contributed by atoms with Gasteiger partial charge in [0.05, 0.1) is 6.61 Å². The molecule has 0 aliphatic heterocycles. The summed E-state index contributed by atoms with van der Waals surface area (Å²) in [6.45, 7) is 2.85. The van der Waals surface area contributed by atoms with Crippen LogP contribution in [-0.2, 0) is 9.53 Å². The Hall–Kier alpha value is -1.58. The molecule has 179 valence electrons. The van der Waals surface area contributed by atoms with Gasteiger partial charge in [0.2, 0.25) is 0 Å². The smallest absolute Gasteiger partial charge is 0.340 e. The average Bonchev–Trinajstić information content (AvgIpc) is 2.84. The van der Waals surface area contributed by atoms with E-state index < -0.39 is 12.1 Å². The summed E-state index contributed by atoms with van der Waals surface area (Å²) >= 11 is 0. The second-order valence-corrected chi connectivity index (χ2v) is 9.77. The van der Waals surface area contributed by atoms with Crippen LogP contribution in [0.5, 0.6) is 5.75 Å². The number of unbranched alkanes of at least 4 members (excludes halogenated alkanes) is 4. The monoisotopic (exact) mass is 445 g/mol. The van der Waals surface area contributed by atoms with E-state index in [0.29, 0.717) is 24.9 Å². The summed E-state index contributed by atoms with van der Waals surface area (Å²) in [6, 6.07) is 8.65. The van der Waals surface area contributed by atoms with Gasteiger partial charge in [0.1, 0.15) is 11.9 Å². The zero-order chi connectivity index (χ0) is 22.6. The molecule has 2 aliphatic rings. The van der Waals surface area contributed by atoms with Crippen LogP contribution < -0.4 is 4.74 Å². The summed E-state index contributed by atoms with van der Waals surface area (Å²) in [6.07, 6.45) is 14.8. The molecule has 0 spiro atoms. The Labute approximate surface area is 194 Å². The molecular weight excluding hydrogens is 403 g/mol. The van der Waals surface area contributed by atoms with E-state index in [1.807, 2.05) is 0 Å². The first kappa shape index (κ1) is 25.1. The van der Waals surface area contributed by atoms with Crippen LogP contribution in [0.1, 0.15) is 108 Å². The van der Waals surface area contributed by atoms with E-state index in [0.717, 1.165) is 50.7 Å². The standard InChI is InChI=1S/C28H42FO3/c1-2-3-4-5-9-12-27(29)28(30)32-26-17-13-22(14-18-26)21-31-25-19-15-24(16-20-25)23-10-7-6-8-11-23/h6,15-16,19-20,22-23,26-27H,2-5,7-14,17-18,21H2,1H3/t22-,26-,27-/m1/s1. The van der Waals surface area contributed by atoms with Gasteiger partial charge in [0.25, 0.3) is 0 Å². The number of alkyl halides is 1. The van der Waals surface area contributed by atoms with E-state index in [1.54, 1.807) is 0 Å². The molecule has 1 radical (unpaired) electrons. The van der Waals surface area contributed by atoms with Crippen LogP contribution in [0.3, 0.4) is 0 Å². The Kier molecular flexibility index (Phi) is 10.8. The first-order chi connectivity index (χ1) is 15.7. The molecule has 1 atom stereocenters. The third-order valence-electron chi connectivity index (χ3n) is 7.17. The van der Waals surface area contributed by atoms with Crippen molar-refractivity contribution in [2.45, 2.75) is 115 Å². The van der Waals surface area contributed by atoms with Gasteiger partial charge in [-0.15, -0.1) is 0 Å². The molecule has 2 fully saturated rings. The molecule has 1 aromatic rings. The van der Waals surface area contributed by atoms with Gasteiger partial charge >= 0.3 is 5.97 Å². The molecule has 0 saturated heterocycles. The maximum absolute atomic E-state index is 14.1. The predicted molar refractivity (Wildman–Crippen MR) is 128 cm³/mol. The maximum Gasteiger partial charge on any atom is 0.340 e. The number of hydrogen-bond donors (Lipinski definition) is 0. The zero-order valence-corrected chi connectivity index (χ0v) is 19.9. The Morgan fingerprint density at radius 3 is 2.34 bits per heavy atom. The molecule has 2 aliphatic carbocycles. The van der Waals surface area contributed by atoms with Crippen molar-refractivity contribution in [2.24, 2.45) is 5.92 Å². The second kappa shape index (κ2) is 13.9. The number of benzene rings is 1. The molecular formula is C28H42FO3. The van der Waals surface area contributed by atoms with Crippen molar-refractivity contribution in [3.8, 4) is 5.75 Å². The van der Waals surface area contributed by atoms with Crippen LogP contribution in [0.25, 0.3) is 0 Å². The summed E-state index contributed by atoms with van der Waals surface area (Å²) in [5.74, 6) is 1.44. The molecule has 3 rings (SSSR count). The number of rotatable bonds is 12. The molecule has 0 unspecified atom stereocenters. The Balaban J connectivity index is 1.29. The fourth-order valence-electron chi connectivity index (χ4n) is 5.01. The summed E-state index contributed by atoms with van der Waals surface area (Å²) in [7, 11) is 0. The van der Waals surface area contributed by atoms with Crippen LogP contribution in [0, 0.1) is 12.3 Å². The molecule has 3 nitrogen and oxygen atoms in total. The topological polar surface area (TPSA) is 35.5 Å². The number of carbonyl (C=O) groups excluding carboxylic acids is 1. The molecule has 0 heterocycles. The summed E-state index contributed by atoms with van der Waals surface area (Å²) in [4.78, 5) is 12.0. The quantitative estimate of drug-likeness (QED) is 0.244. The van der Waals surface area contributed by atoms with Crippen molar-refractivity contribution in [1.82, 2.24) is 0 Å². The third kappa shape index (κ3) is 8.41. The SMILES string of the molecule is CCCCCCC[C@@H](F)C(=O)O[C@H]1CC[C@H](COc2ccc(C3CC[CH]CC3)cc2)CC1. The van der Waals surface area contributed by atoms with Crippen LogP contribution in [0.15, 0.2) is 24.3 Å².